The van der Waals surface area contributed by atoms with Crippen LogP contribution in [0.4, 0.5) is 5.69 Å². The quantitative estimate of drug-likeness (QED) is 0.802. The fourth-order valence-electron chi connectivity index (χ4n) is 1.61. The fourth-order valence-corrected chi connectivity index (χ4v) is 2.79. The first-order chi connectivity index (χ1) is 7.63. The van der Waals surface area contributed by atoms with E-state index in [1.165, 1.54) is 0 Å². The lowest BCUT2D eigenvalue weighted by molar-refractivity contribution is 0.489. The molecular formula is C12H20N2OS. The predicted octanol–water partition coefficient (Wildman–Crippen LogP) is 2.20. The fraction of sp³-hybridized carbons (Fsp3) is 0.500. The molecule has 90 valence electrons. The van der Waals surface area contributed by atoms with Gasteiger partial charge in [-0.25, -0.2) is 8.51 Å². The molecule has 1 rings (SSSR count). The van der Waals surface area contributed by atoms with E-state index in [2.05, 4.69) is 6.92 Å². The molecule has 4 heteroatoms. The number of hydrogen-bond donors (Lipinski definition) is 1. The summed E-state index contributed by atoms with van der Waals surface area (Å²) in [6.45, 7) is 7.63. The molecule has 0 amide bonds. The van der Waals surface area contributed by atoms with Gasteiger partial charge < -0.3 is 5.73 Å². The van der Waals surface area contributed by atoms with Crippen molar-refractivity contribution in [1.29, 1.82) is 0 Å². The van der Waals surface area contributed by atoms with Gasteiger partial charge in [-0.2, -0.15) is 0 Å². The third kappa shape index (κ3) is 2.83. The summed E-state index contributed by atoms with van der Waals surface area (Å²) in [5.41, 5.74) is 7.75. The molecule has 2 N–H and O–H groups in total. The number of hydrogen-bond acceptors (Lipinski definition) is 2. The molecule has 0 saturated carbocycles. The first kappa shape index (κ1) is 13.2. The van der Waals surface area contributed by atoms with E-state index < -0.39 is 11.0 Å². The van der Waals surface area contributed by atoms with E-state index in [4.69, 9.17) is 5.73 Å². The Morgan fingerprint density at radius 2 is 1.88 bits per heavy atom. The van der Waals surface area contributed by atoms with Gasteiger partial charge in [-0.3, -0.25) is 0 Å². The second-order valence-corrected chi connectivity index (χ2v) is 5.06. The van der Waals surface area contributed by atoms with Gasteiger partial charge in [0, 0.05) is 18.8 Å². The van der Waals surface area contributed by atoms with Gasteiger partial charge in [0.1, 0.15) is 11.0 Å². The molecule has 0 spiro atoms. The first-order valence-electron chi connectivity index (χ1n) is 5.69. The van der Waals surface area contributed by atoms with Gasteiger partial charge in [0.15, 0.2) is 0 Å². The zero-order chi connectivity index (χ0) is 12.1. The molecule has 0 aliphatic heterocycles. The maximum atomic E-state index is 12.1. The predicted molar refractivity (Wildman–Crippen MR) is 69.6 cm³/mol. The Morgan fingerprint density at radius 3 is 2.31 bits per heavy atom. The van der Waals surface area contributed by atoms with Crippen LogP contribution < -0.4 is 5.73 Å². The van der Waals surface area contributed by atoms with Crippen molar-refractivity contribution < 1.29 is 4.21 Å². The summed E-state index contributed by atoms with van der Waals surface area (Å²) in [5, 5.41) is 0. The van der Waals surface area contributed by atoms with Gasteiger partial charge in [0.2, 0.25) is 0 Å². The summed E-state index contributed by atoms with van der Waals surface area (Å²) >= 11 is 0. The highest BCUT2D eigenvalue weighted by Gasteiger charge is 2.12. The first-order valence-corrected chi connectivity index (χ1v) is 6.79. The van der Waals surface area contributed by atoms with E-state index in [0.29, 0.717) is 0 Å². The van der Waals surface area contributed by atoms with Crippen molar-refractivity contribution in [2.45, 2.75) is 32.1 Å². The molecule has 3 nitrogen and oxygen atoms in total. The Kier molecular flexibility index (Phi) is 4.96. The summed E-state index contributed by atoms with van der Waals surface area (Å²) in [6.07, 6.45) is 0.907. The summed E-state index contributed by atoms with van der Waals surface area (Å²) < 4.78 is 14.0. The van der Waals surface area contributed by atoms with E-state index in [1.807, 2.05) is 36.4 Å². The molecule has 0 saturated heterocycles. The Hall–Kier alpha value is -0.870. The number of nitrogens with zero attached hydrogens (tertiary/aromatic N) is 1. The molecule has 0 fully saturated rings. The second-order valence-electron chi connectivity index (χ2n) is 3.58. The van der Waals surface area contributed by atoms with Crippen LogP contribution in [0.15, 0.2) is 23.1 Å². The lowest BCUT2D eigenvalue weighted by Crippen LogP contribution is -2.25. The lowest BCUT2D eigenvalue weighted by Gasteiger charge is -2.17. The van der Waals surface area contributed by atoms with Crippen molar-refractivity contribution in [2.24, 2.45) is 0 Å². The van der Waals surface area contributed by atoms with Crippen LogP contribution in [0.1, 0.15) is 26.3 Å². The van der Waals surface area contributed by atoms with Crippen LogP contribution in [0.5, 0.6) is 0 Å². The molecule has 0 heterocycles. The smallest absolute Gasteiger partial charge is 0.127 e. The SMILES string of the molecule is CCc1ccc(S(=O)N(CC)CC)cc1N. The zero-order valence-electron chi connectivity index (χ0n) is 10.2. The summed E-state index contributed by atoms with van der Waals surface area (Å²) in [4.78, 5) is 0.790. The van der Waals surface area contributed by atoms with Crippen LogP contribution in [-0.2, 0) is 17.4 Å². The van der Waals surface area contributed by atoms with Crippen LogP contribution >= 0.6 is 0 Å². The Bertz CT molecular complexity index is 375. The van der Waals surface area contributed by atoms with E-state index in [1.54, 1.807) is 0 Å². The Morgan fingerprint density at radius 1 is 1.25 bits per heavy atom. The average Bonchev–Trinajstić information content (AvgIpc) is 2.30. The molecule has 0 aromatic heterocycles. The summed E-state index contributed by atoms with van der Waals surface area (Å²) in [6, 6.07) is 5.70. The molecule has 0 aliphatic carbocycles. The minimum absolute atomic E-state index is 0.737. The van der Waals surface area contributed by atoms with Crippen molar-refractivity contribution >= 4 is 16.7 Å². The number of benzene rings is 1. The standard InChI is InChI=1S/C12H20N2OS/c1-4-10-7-8-11(9-12(10)13)16(15)14(5-2)6-3/h7-9H,4-6,13H2,1-3H3. The van der Waals surface area contributed by atoms with E-state index >= 15 is 0 Å². The van der Waals surface area contributed by atoms with Crippen molar-refractivity contribution in [3.05, 3.63) is 23.8 Å². The highest BCUT2D eigenvalue weighted by atomic mass is 32.2. The minimum Gasteiger partial charge on any atom is -0.398 e. The molecule has 1 unspecified atom stereocenters. The van der Waals surface area contributed by atoms with Crippen LogP contribution in [0.2, 0.25) is 0 Å². The minimum atomic E-state index is -1.09. The van der Waals surface area contributed by atoms with Crippen LogP contribution in [-0.4, -0.2) is 21.6 Å². The van der Waals surface area contributed by atoms with E-state index in [0.717, 1.165) is 35.7 Å². The maximum absolute atomic E-state index is 12.1. The van der Waals surface area contributed by atoms with Gasteiger partial charge in [0.25, 0.3) is 0 Å². The second kappa shape index (κ2) is 6.01. The monoisotopic (exact) mass is 240 g/mol. The van der Waals surface area contributed by atoms with Crippen molar-refractivity contribution in [2.75, 3.05) is 18.8 Å². The third-order valence-corrected chi connectivity index (χ3v) is 4.28. The zero-order valence-corrected chi connectivity index (χ0v) is 11.0. The molecule has 16 heavy (non-hydrogen) atoms. The Labute approximate surface area is 100 Å². The summed E-state index contributed by atoms with van der Waals surface area (Å²) in [5.74, 6) is 0. The molecule has 1 aromatic rings. The number of aryl methyl sites for hydroxylation is 1. The van der Waals surface area contributed by atoms with Gasteiger partial charge >= 0.3 is 0 Å². The molecular weight excluding hydrogens is 220 g/mol. The van der Waals surface area contributed by atoms with Crippen molar-refractivity contribution in [3.8, 4) is 0 Å². The number of anilines is 1. The Balaban J connectivity index is 2.96. The third-order valence-electron chi connectivity index (χ3n) is 2.64. The number of nitrogens with two attached hydrogens (primary N) is 1. The molecule has 1 aromatic carbocycles. The van der Waals surface area contributed by atoms with Crippen molar-refractivity contribution in [3.63, 3.8) is 0 Å². The van der Waals surface area contributed by atoms with Gasteiger partial charge in [-0.1, -0.05) is 26.8 Å². The van der Waals surface area contributed by atoms with Crippen molar-refractivity contribution in [1.82, 2.24) is 4.31 Å². The molecule has 0 bridgehead atoms. The topological polar surface area (TPSA) is 46.3 Å². The highest BCUT2D eigenvalue weighted by Crippen LogP contribution is 2.18. The van der Waals surface area contributed by atoms with Crippen LogP contribution in [0, 0.1) is 0 Å². The normalized spacial score (nSPS) is 13.0. The molecule has 0 aliphatic rings. The van der Waals surface area contributed by atoms with Gasteiger partial charge in [0.05, 0.1) is 4.90 Å². The number of nitrogen functional groups attached to an aromatic ring is 1. The van der Waals surface area contributed by atoms with E-state index in [-0.39, 0.29) is 0 Å². The molecule has 1 atom stereocenters. The van der Waals surface area contributed by atoms with Gasteiger partial charge in [-0.05, 0) is 24.1 Å². The molecule has 0 radical (unpaired) electrons. The van der Waals surface area contributed by atoms with E-state index in [9.17, 15) is 4.21 Å². The van der Waals surface area contributed by atoms with Crippen LogP contribution in [0.3, 0.4) is 0 Å². The number of rotatable bonds is 5. The lowest BCUT2D eigenvalue weighted by atomic mass is 10.1. The summed E-state index contributed by atoms with van der Waals surface area (Å²) in [7, 11) is -1.09. The average molecular weight is 240 g/mol. The highest BCUT2D eigenvalue weighted by molar-refractivity contribution is 7.82. The van der Waals surface area contributed by atoms with Gasteiger partial charge in [-0.15, -0.1) is 0 Å². The van der Waals surface area contributed by atoms with Crippen LogP contribution in [0.25, 0.3) is 0 Å². The maximum Gasteiger partial charge on any atom is 0.127 e. The largest absolute Gasteiger partial charge is 0.398 e.